The highest BCUT2D eigenvalue weighted by Crippen LogP contribution is 2.49. The molecule has 0 saturated heterocycles. The van der Waals surface area contributed by atoms with E-state index in [0.717, 1.165) is 24.1 Å². The molecule has 1 aromatic carbocycles. The van der Waals surface area contributed by atoms with Crippen LogP contribution in [-0.2, 0) is 6.42 Å². The molecule has 0 radical (unpaired) electrons. The van der Waals surface area contributed by atoms with E-state index in [9.17, 15) is 4.79 Å². The normalized spacial score (nSPS) is 28.3. The summed E-state index contributed by atoms with van der Waals surface area (Å²) in [4.78, 5) is 15.4. The first-order valence-electron chi connectivity index (χ1n) is 7.32. The van der Waals surface area contributed by atoms with Crippen molar-refractivity contribution in [3.63, 3.8) is 0 Å². The van der Waals surface area contributed by atoms with Gasteiger partial charge in [-0.2, -0.15) is 0 Å². The van der Waals surface area contributed by atoms with Crippen LogP contribution in [0.15, 0.2) is 22.6 Å². The van der Waals surface area contributed by atoms with Crippen LogP contribution in [-0.4, -0.2) is 16.1 Å². The van der Waals surface area contributed by atoms with Gasteiger partial charge in [-0.15, -0.1) is 0 Å². The molecule has 4 nitrogen and oxygen atoms in total. The van der Waals surface area contributed by atoms with Gasteiger partial charge in [-0.1, -0.05) is 6.42 Å². The SMILES string of the molecule is O=C(O)c1ccc2oc(CC3CC4CCC3C4)nc2c1. The molecule has 4 heteroatoms. The van der Waals surface area contributed by atoms with Gasteiger partial charge < -0.3 is 9.52 Å². The Balaban J connectivity index is 1.59. The summed E-state index contributed by atoms with van der Waals surface area (Å²) in [5.74, 6) is 2.32. The van der Waals surface area contributed by atoms with Crippen LogP contribution in [0, 0.1) is 17.8 Å². The van der Waals surface area contributed by atoms with Crippen molar-refractivity contribution in [3.8, 4) is 0 Å². The smallest absolute Gasteiger partial charge is 0.335 e. The maximum atomic E-state index is 11.0. The number of aromatic nitrogens is 1. The van der Waals surface area contributed by atoms with Crippen LogP contribution < -0.4 is 0 Å². The number of carboxylic acids is 1. The predicted molar refractivity (Wildman–Crippen MR) is 73.6 cm³/mol. The minimum absolute atomic E-state index is 0.261. The molecule has 4 rings (SSSR count). The number of carbonyl (C=O) groups is 1. The molecular formula is C16H17NO3. The fraction of sp³-hybridized carbons (Fsp3) is 0.500. The van der Waals surface area contributed by atoms with Gasteiger partial charge in [0.05, 0.1) is 5.56 Å². The summed E-state index contributed by atoms with van der Waals surface area (Å²) >= 11 is 0. The number of benzene rings is 1. The lowest BCUT2D eigenvalue weighted by Crippen LogP contribution is -2.13. The first-order valence-corrected chi connectivity index (χ1v) is 7.32. The van der Waals surface area contributed by atoms with Crippen LogP contribution >= 0.6 is 0 Å². The largest absolute Gasteiger partial charge is 0.478 e. The lowest BCUT2D eigenvalue weighted by atomic mass is 9.86. The van der Waals surface area contributed by atoms with E-state index < -0.39 is 5.97 Å². The van der Waals surface area contributed by atoms with E-state index in [1.165, 1.54) is 25.7 Å². The number of hydrogen-bond acceptors (Lipinski definition) is 3. The molecule has 0 amide bonds. The molecule has 2 saturated carbocycles. The Hall–Kier alpha value is -1.84. The molecule has 1 aromatic heterocycles. The fourth-order valence-electron chi connectivity index (χ4n) is 4.05. The van der Waals surface area contributed by atoms with Crippen molar-refractivity contribution in [3.05, 3.63) is 29.7 Å². The Bertz CT molecular complexity index is 675. The molecule has 2 aromatic rings. The van der Waals surface area contributed by atoms with Gasteiger partial charge in [0.1, 0.15) is 5.52 Å². The van der Waals surface area contributed by atoms with Crippen LogP contribution in [0.5, 0.6) is 0 Å². The number of rotatable bonds is 3. The highest BCUT2D eigenvalue weighted by molar-refractivity contribution is 5.91. The molecule has 2 aliphatic rings. The van der Waals surface area contributed by atoms with Crippen molar-refractivity contribution in [1.29, 1.82) is 0 Å². The Morgan fingerprint density at radius 2 is 2.25 bits per heavy atom. The van der Waals surface area contributed by atoms with Gasteiger partial charge in [0.25, 0.3) is 0 Å². The fourth-order valence-corrected chi connectivity index (χ4v) is 4.05. The zero-order valence-electron chi connectivity index (χ0n) is 11.2. The minimum Gasteiger partial charge on any atom is -0.478 e. The third-order valence-corrected chi connectivity index (χ3v) is 5.00. The Kier molecular flexibility index (Phi) is 2.59. The molecule has 1 heterocycles. The molecule has 104 valence electrons. The number of nitrogens with zero attached hydrogens (tertiary/aromatic N) is 1. The maximum Gasteiger partial charge on any atom is 0.335 e. The van der Waals surface area contributed by atoms with Crippen LogP contribution in [0.3, 0.4) is 0 Å². The lowest BCUT2D eigenvalue weighted by Gasteiger charge is -2.19. The van der Waals surface area contributed by atoms with E-state index in [2.05, 4.69) is 4.98 Å². The maximum absolute atomic E-state index is 11.0. The van der Waals surface area contributed by atoms with Crippen LogP contribution in [0.25, 0.3) is 11.1 Å². The summed E-state index contributed by atoms with van der Waals surface area (Å²) in [6.07, 6.45) is 6.35. The van der Waals surface area contributed by atoms with E-state index >= 15 is 0 Å². The zero-order chi connectivity index (χ0) is 13.7. The number of oxazole rings is 1. The molecule has 0 spiro atoms. The van der Waals surface area contributed by atoms with E-state index in [0.29, 0.717) is 17.0 Å². The second kappa shape index (κ2) is 4.33. The molecule has 1 N–H and O–H groups in total. The molecule has 3 atom stereocenters. The van der Waals surface area contributed by atoms with Crippen LogP contribution in [0.1, 0.15) is 41.9 Å². The first kappa shape index (κ1) is 11.9. The standard InChI is InChI=1S/C16H17NO3/c18-16(19)11-3-4-14-13(7-11)17-15(20-14)8-12-6-9-1-2-10(12)5-9/h3-4,7,9-10,12H,1-2,5-6,8H2,(H,18,19). The van der Waals surface area contributed by atoms with Crippen molar-refractivity contribution < 1.29 is 14.3 Å². The van der Waals surface area contributed by atoms with Gasteiger partial charge in [0, 0.05) is 6.42 Å². The van der Waals surface area contributed by atoms with Gasteiger partial charge in [-0.25, -0.2) is 9.78 Å². The number of carboxylic acid groups (broad SMARTS) is 1. The van der Waals surface area contributed by atoms with Crippen LogP contribution in [0.2, 0.25) is 0 Å². The Labute approximate surface area is 116 Å². The first-order chi connectivity index (χ1) is 9.69. The van der Waals surface area contributed by atoms with Gasteiger partial charge in [0.15, 0.2) is 11.5 Å². The second-order valence-corrected chi connectivity index (χ2v) is 6.23. The van der Waals surface area contributed by atoms with Gasteiger partial charge >= 0.3 is 5.97 Å². The average Bonchev–Trinajstić information content (AvgIpc) is 3.11. The summed E-state index contributed by atoms with van der Waals surface area (Å²) in [5, 5.41) is 8.99. The third kappa shape index (κ3) is 1.90. The number of fused-ring (bicyclic) bond motifs is 3. The van der Waals surface area contributed by atoms with E-state index in [1.54, 1.807) is 18.2 Å². The molecule has 20 heavy (non-hydrogen) atoms. The van der Waals surface area contributed by atoms with E-state index in [4.69, 9.17) is 9.52 Å². The predicted octanol–water partition coefficient (Wildman–Crippen LogP) is 3.50. The molecule has 2 aliphatic carbocycles. The molecule has 2 bridgehead atoms. The van der Waals surface area contributed by atoms with Crippen molar-refractivity contribution in [2.24, 2.45) is 17.8 Å². The summed E-state index contributed by atoms with van der Waals surface area (Å²) < 4.78 is 5.77. The monoisotopic (exact) mass is 271 g/mol. The molecule has 0 aliphatic heterocycles. The van der Waals surface area contributed by atoms with Crippen molar-refractivity contribution in [2.45, 2.75) is 32.1 Å². The Morgan fingerprint density at radius 3 is 2.95 bits per heavy atom. The summed E-state index contributed by atoms with van der Waals surface area (Å²) in [5.41, 5.74) is 1.61. The minimum atomic E-state index is -0.926. The van der Waals surface area contributed by atoms with Gasteiger partial charge in [0.2, 0.25) is 0 Å². The van der Waals surface area contributed by atoms with E-state index in [-0.39, 0.29) is 5.56 Å². The summed E-state index contributed by atoms with van der Waals surface area (Å²) in [6.45, 7) is 0. The quantitative estimate of drug-likeness (QED) is 0.927. The zero-order valence-corrected chi connectivity index (χ0v) is 11.2. The average molecular weight is 271 g/mol. The van der Waals surface area contributed by atoms with Crippen molar-refractivity contribution >= 4 is 17.1 Å². The highest BCUT2D eigenvalue weighted by Gasteiger charge is 2.39. The molecule has 3 unspecified atom stereocenters. The summed E-state index contributed by atoms with van der Waals surface area (Å²) in [6, 6.07) is 4.86. The topological polar surface area (TPSA) is 63.3 Å². The second-order valence-electron chi connectivity index (χ2n) is 6.23. The number of hydrogen-bond donors (Lipinski definition) is 1. The number of aromatic carboxylic acids is 1. The summed E-state index contributed by atoms with van der Waals surface area (Å²) in [7, 11) is 0. The third-order valence-electron chi connectivity index (χ3n) is 5.00. The Morgan fingerprint density at radius 1 is 1.35 bits per heavy atom. The van der Waals surface area contributed by atoms with E-state index in [1.807, 2.05) is 0 Å². The highest BCUT2D eigenvalue weighted by atomic mass is 16.4. The van der Waals surface area contributed by atoms with Crippen molar-refractivity contribution in [1.82, 2.24) is 4.98 Å². The van der Waals surface area contributed by atoms with Crippen molar-refractivity contribution in [2.75, 3.05) is 0 Å². The molecular weight excluding hydrogens is 254 g/mol. The van der Waals surface area contributed by atoms with Crippen LogP contribution in [0.4, 0.5) is 0 Å². The lowest BCUT2D eigenvalue weighted by molar-refractivity contribution is 0.0697. The van der Waals surface area contributed by atoms with Gasteiger partial charge in [-0.3, -0.25) is 0 Å². The van der Waals surface area contributed by atoms with Gasteiger partial charge in [-0.05, 0) is 55.2 Å². The molecule has 2 fully saturated rings.